The van der Waals surface area contributed by atoms with Crippen molar-refractivity contribution in [3.8, 4) is 0 Å². The molecule has 1 fully saturated rings. The van der Waals surface area contributed by atoms with Gasteiger partial charge in [0.25, 0.3) is 5.91 Å². The molecule has 0 saturated carbocycles. The van der Waals surface area contributed by atoms with Crippen molar-refractivity contribution < 1.29 is 14.3 Å². The fourth-order valence-corrected chi connectivity index (χ4v) is 2.61. The number of amides is 1. The van der Waals surface area contributed by atoms with Crippen molar-refractivity contribution in [3.63, 3.8) is 0 Å². The Morgan fingerprint density at radius 1 is 1.04 bits per heavy atom. The van der Waals surface area contributed by atoms with Crippen LogP contribution in [0.15, 0.2) is 30.9 Å². The zero-order valence-corrected chi connectivity index (χ0v) is 14.3. The number of carbonyl (C=O) groups is 2. The Kier molecular flexibility index (Phi) is 5.20. The number of carbonyl (C=O) groups excluding carboxylic acids is 2. The summed E-state index contributed by atoms with van der Waals surface area (Å²) in [7, 11) is 0. The maximum Gasteiger partial charge on any atom is 0.361 e. The van der Waals surface area contributed by atoms with Crippen LogP contribution in [0, 0.1) is 0 Å². The van der Waals surface area contributed by atoms with Gasteiger partial charge in [-0.25, -0.2) is 24.7 Å². The summed E-state index contributed by atoms with van der Waals surface area (Å²) in [6.07, 6.45) is 5.13. The van der Waals surface area contributed by atoms with Gasteiger partial charge in [-0.2, -0.15) is 0 Å². The normalized spacial score (nSPS) is 15.4. The molecular weight excluding hydrogens is 338 g/mol. The number of nitrogens with two attached hydrogens (primary N) is 1. The van der Waals surface area contributed by atoms with Crippen LogP contribution in [0.3, 0.4) is 0 Å². The maximum absolute atomic E-state index is 12.5. The van der Waals surface area contributed by atoms with E-state index in [1.165, 1.54) is 19.3 Å². The Hall–Kier alpha value is -3.30. The maximum atomic E-state index is 12.5. The summed E-state index contributed by atoms with van der Waals surface area (Å²) < 4.78 is 5.19. The number of rotatable bonds is 4. The molecule has 0 bridgehead atoms. The van der Waals surface area contributed by atoms with Crippen LogP contribution in [-0.4, -0.2) is 69.0 Å². The Labute approximate surface area is 150 Å². The monoisotopic (exact) mass is 357 g/mol. The van der Waals surface area contributed by atoms with Gasteiger partial charge in [-0.15, -0.1) is 0 Å². The number of nitrogens with zero attached hydrogens (tertiary/aromatic N) is 6. The highest BCUT2D eigenvalue weighted by molar-refractivity contribution is 5.94. The fraction of sp³-hybridized carbons (Fsp3) is 0.375. The number of hydrogen-bond acceptors (Lipinski definition) is 9. The van der Waals surface area contributed by atoms with E-state index in [1.54, 1.807) is 23.4 Å². The van der Waals surface area contributed by atoms with Gasteiger partial charge < -0.3 is 20.3 Å². The van der Waals surface area contributed by atoms with Crippen molar-refractivity contribution >= 4 is 23.6 Å². The minimum absolute atomic E-state index is 0.0337. The molecule has 10 nitrogen and oxygen atoms in total. The third kappa shape index (κ3) is 3.85. The molecule has 1 amide bonds. The van der Waals surface area contributed by atoms with Gasteiger partial charge in [0.15, 0.2) is 17.6 Å². The summed E-state index contributed by atoms with van der Waals surface area (Å²) in [5, 5.41) is 0. The standard InChI is InChI=1S/C16H19N7O3/c1-11(26-15(25)12-13(17)19-6-5-18-12)14(24)22-7-9-23(10-8-22)16-20-3-2-4-21-16/h2-6,11H,7-10H2,1H3,(H2,17,19). The second kappa shape index (κ2) is 7.72. The Morgan fingerprint density at radius 3 is 2.35 bits per heavy atom. The molecule has 26 heavy (non-hydrogen) atoms. The van der Waals surface area contributed by atoms with Gasteiger partial charge in [0.2, 0.25) is 5.95 Å². The molecule has 10 heteroatoms. The fourth-order valence-electron chi connectivity index (χ4n) is 2.61. The molecule has 3 rings (SSSR count). The van der Waals surface area contributed by atoms with E-state index in [-0.39, 0.29) is 17.4 Å². The molecule has 0 radical (unpaired) electrons. The van der Waals surface area contributed by atoms with Crippen LogP contribution in [0.4, 0.5) is 11.8 Å². The predicted molar refractivity (Wildman–Crippen MR) is 92.1 cm³/mol. The lowest BCUT2D eigenvalue weighted by Crippen LogP contribution is -2.52. The van der Waals surface area contributed by atoms with Crippen molar-refractivity contribution in [2.45, 2.75) is 13.0 Å². The molecule has 0 spiro atoms. The number of nitrogen functional groups attached to an aromatic ring is 1. The van der Waals surface area contributed by atoms with E-state index in [0.717, 1.165) is 0 Å². The van der Waals surface area contributed by atoms with E-state index in [9.17, 15) is 9.59 Å². The number of anilines is 2. The highest BCUT2D eigenvalue weighted by atomic mass is 16.5. The zero-order valence-electron chi connectivity index (χ0n) is 14.3. The van der Waals surface area contributed by atoms with E-state index in [4.69, 9.17) is 10.5 Å². The van der Waals surface area contributed by atoms with E-state index < -0.39 is 12.1 Å². The predicted octanol–water partition coefficient (Wildman–Crippen LogP) is -0.257. The number of piperazine rings is 1. The van der Waals surface area contributed by atoms with Crippen LogP contribution >= 0.6 is 0 Å². The molecule has 2 N–H and O–H groups in total. The molecule has 0 aromatic carbocycles. The van der Waals surface area contributed by atoms with E-state index in [2.05, 4.69) is 19.9 Å². The first-order valence-corrected chi connectivity index (χ1v) is 8.14. The van der Waals surface area contributed by atoms with E-state index >= 15 is 0 Å². The van der Waals surface area contributed by atoms with E-state index in [1.807, 2.05) is 4.90 Å². The second-order valence-electron chi connectivity index (χ2n) is 5.70. The van der Waals surface area contributed by atoms with Crippen LogP contribution in [0.2, 0.25) is 0 Å². The topological polar surface area (TPSA) is 127 Å². The quantitative estimate of drug-likeness (QED) is 0.736. The second-order valence-corrected chi connectivity index (χ2v) is 5.70. The van der Waals surface area contributed by atoms with Crippen molar-refractivity contribution in [3.05, 3.63) is 36.5 Å². The summed E-state index contributed by atoms with van der Waals surface area (Å²) in [6, 6.07) is 1.75. The molecule has 136 valence electrons. The molecule has 0 aliphatic carbocycles. The van der Waals surface area contributed by atoms with Crippen LogP contribution in [0.5, 0.6) is 0 Å². The molecule has 1 aliphatic heterocycles. The van der Waals surface area contributed by atoms with E-state index in [0.29, 0.717) is 32.1 Å². The van der Waals surface area contributed by atoms with Crippen LogP contribution in [0.25, 0.3) is 0 Å². The summed E-state index contributed by atoms with van der Waals surface area (Å²) in [5.74, 6) is -0.437. The Balaban J connectivity index is 1.55. The van der Waals surface area contributed by atoms with Gasteiger partial charge in [-0.3, -0.25) is 4.79 Å². The van der Waals surface area contributed by atoms with Crippen LogP contribution < -0.4 is 10.6 Å². The van der Waals surface area contributed by atoms with Gasteiger partial charge in [-0.05, 0) is 13.0 Å². The third-order valence-electron chi connectivity index (χ3n) is 3.98. The Morgan fingerprint density at radius 2 is 1.69 bits per heavy atom. The lowest BCUT2D eigenvalue weighted by Gasteiger charge is -2.35. The highest BCUT2D eigenvalue weighted by Gasteiger charge is 2.29. The SMILES string of the molecule is CC(OC(=O)c1nccnc1N)C(=O)N1CCN(c2ncccn2)CC1. The first-order chi connectivity index (χ1) is 12.6. The average Bonchev–Trinajstić information content (AvgIpc) is 2.68. The zero-order chi connectivity index (χ0) is 18.5. The first kappa shape index (κ1) is 17.5. The van der Waals surface area contributed by atoms with Crippen molar-refractivity contribution in [1.82, 2.24) is 24.8 Å². The number of esters is 1. The third-order valence-corrected chi connectivity index (χ3v) is 3.98. The minimum atomic E-state index is -0.941. The van der Waals surface area contributed by atoms with Gasteiger partial charge in [0, 0.05) is 51.0 Å². The summed E-state index contributed by atoms with van der Waals surface area (Å²) in [4.78, 5) is 44.3. The van der Waals surface area contributed by atoms with Crippen LogP contribution in [-0.2, 0) is 9.53 Å². The molecule has 1 unspecified atom stereocenters. The lowest BCUT2D eigenvalue weighted by atomic mass is 10.2. The average molecular weight is 357 g/mol. The minimum Gasteiger partial charge on any atom is -0.448 e. The smallest absolute Gasteiger partial charge is 0.361 e. The lowest BCUT2D eigenvalue weighted by molar-refractivity contribution is -0.140. The summed E-state index contributed by atoms with van der Waals surface area (Å²) in [5.41, 5.74) is 5.50. The molecule has 1 saturated heterocycles. The molecule has 2 aromatic rings. The molecule has 2 aromatic heterocycles. The summed E-state index contributed by atoms with van der Waals surface area (Å²) in [6.45, 7) is 3.72. The number of hydrogen-bond donors (Lipinski definition) is 1. The largest absolute Gasteiger partial charge is 0.448 e. The molecular formula is C16H19N7O3. The van der Waals surface area contributed by atoms with Crippen molar-refractivity contribution in [2.24, 2.45) is 0 Å². The molecule has 1 aliphatic rings. The van der Waals surface area contributed by atoms with Crippen molar-refractivity contribution in [1.29, 1.82) is 0 Å². The van der Waals surface area contributed by atoms with Gasteiger partial charge in [-0.1, -0.05) is 0 Å². The van der Waals surface area contributed by atoms with Gasteiger partial charge in [0.05, 0.1) is 0 Å². The first-order valence-electron chi connectivity index (χ1n) is 8.14. The van der Waals surface area contributed by atoms with Crippen molar-refractivity contribution in [2.75, 3.05) is 36.8 Å². The molecule has 3 heterocycles. The van der Waals surface area contributed by atoms with Crippen LogP contribution in [0.1, 0.15) is 17.4 Å². The number of aromatic nitrogens is 4. The molecule has 1 atom stereocenters. The van der Waals surface area contributed by atoms with Gasteiger partial charge in [0.1, 0.15) is 0 Å². The van der Waals surface area contributed by atoms with Gasteiger partial charge >= 0.3 is 5.97 Å². The number of ether oxygens (including phenoxy) is 1. The Bertz CT molecular complexity index is 778. The highest BCUT2D eigenvalue weighted by Crippen LogP contribution is 2.13. The summed E-state index contributed by atoms with van der Waals surface area (Å²) >= 11 is 0.